The Bertz CT molecular complexity index is 637. The standard InChI is InChI=1S/C20H24F2N2O/c21-18-9-5-10-19(22)17(18)8-3-4-11-20(25)24-14-12-23(13-15-24)16-6-1-2-7-16/h3-5,8-11,16H,1-2,6-7,12-15H2. The smallest absolute Gasteiger partial charge is 0.246 e. The molecule has 1 aromatic carbocycles. The van der Waals surface area contributed by atoms with Gasteiger partial charge in [-0.3, -0.25) is 9.69 Å². The Balaban J connectivity index is 1.49. The van der Waals surface area contributed by atoms with E-state index in [1.807, 2.05) is 4.90 Å². The van der Waals surface area contributed by atoms with Crippen LogP contribution in [0.25, 0.3) is 6.08 Å². The summed E-state index contributed by atoms with van der Waals surface area (Å²) in [5.74, 6) is -1.28. The molecule has 3 rings (SSSR count). The first-order valence-corrected chi connectivity index (χ1v) is 8.97. The molecule has 0 N–H and O–H groups in total. The highest BCUT2D eigenvalue weighted by Crippen LogP contribution is 2.24. The summed E-state index contributed by atoms with van der Waals surface area (Å²) in [6, 6.07) is 4.45. The number of amides is 1. The zero-order chi connectivity index (χ0) is 17.6. The molecule has 1 saturated heterocycles. The summed E-state index contributed by atoms with van der Waals surface area (Å²) in [4.78, 5) is 16.5. The molecule has 0 bridgehead atoms. The lowest BCUT2D eigenvalue weighted by molar-refractivity contribution is -0.128. The number of hydrogen-bond acceptors (Lipinski definition) is 2. The van der Waals surface area contributed by atoms with Gasteiger partial charge in [-0.15, -0.1) is 0 Å². The first-order chi connectivity index (χ1) is 12.1. The van der Waals surface area contributed by atoms with E-state index in [2.05, 4.69) is 4.90 Å². The molecule has 2 fully saturated rings. The Hall–Kier alpha value is -2.01. The monoisotopic (exact) mass is 346 g/mol. The fourth-order valence-corrected chi connectivity index (χ4v) is 3.64. The molecule has 2 aliphatic rings. The minimum absolute atomic E-state index is 0.0512. The molecule has 1 heterocycles. The van der Waals surface area contributed by atoms with E-state index in [1.165, 1.54) is 68.2 Å². The highest BCUT2D eigenvalue weighted by atomic mass is 19.1. The third-order valence-corrected chi connectivity index (χ3v) is 5.08. The van der Waals surface area contributed by atoms with E-state index < -0.39 is 11.6 Å². The molecule has 0 radical (unpaired) electrons. The molecule has 1 aliphatic heterocycles. The van der Waals surface area contributed by atoms with Gasteiger partial charge in [-0.05, 0) is 31.1 Å². The predicted octanol–water partition coefficient (Wildman–Crippen LogP) is 3.62. The van der Waals surface area contributed by atoms with Crippen LogP contribution in [0.1, 0.15) is 31.2 Å². The minimum atomic E-state index is -0.612. The first-order valence-electron chi connectivity index (χ1n) is 8.97. The van der Waals surface area contributed by atoms with Gasteiger partial charge in [0.1, 0.15) is 11.6 Å². The summed E-state index contributed by atoms with van der Waals surface area (Å²) in [7, 11) is 0. The van der Waals surface area contributed by atoms with Crippen molar-refractivity contribution in [1.82, 2.24) is 9.80 Å². The lowest BCUT2D eigenvalue weighted by atomic mass is 10.1. The second kappa shape index (κ2) is 8.39. The number of benzene rings is 1. The Morgan fingerprint density at radius 2 is 1.64 bits per heavy atom. The summed E-state index contributed by atoms with van der Waals surface area (Å²) >= 11 is 0. The molecule has 0 unspecified atom stereocenters. The molecule has 1 aromatic rings. The molecule has 3 nitrogen and oxygen atoms in total. The van der Waals surface area contributed by atoms with Crippen molar-refractivity contribution in [2.45, 2.75) is 31.7 Å². The number of hydrogen-bond donors (Lipinski definition) is 0. The molecule has 25 heavy (non-hydrogen) atoms. The van der Waals surface area contributed by atoms with E-state index in [0.29, 0.717) is 6.04 Å². The van der Waals surface area contributed by atoms with Crippen molar-refractivity contribution in [1.29, 1.82) is 0 Å². The van der Waals surface area contributed by atoms with Crippen molar-refractivity contribution in [3.8, 4) is 0 Å². The van der Waals surface area contributed by atoms with Gasteiger partial charge in [-0.2, -0.15) is 0 Å². The third-order valence-electron chi connectivity index (χ3n) is 5.08. The number of carbonyl (C=O) groups excluding carboxylic acids is 1. The third kappa shape index (κ3) is 4.54. The average Bonchev–Trinajstić information content (AvgIpc) is 3.15. The average molecular weight is 346 g/mol. The minimum Gasteiger partial charge on any atom is -0.337 e. The van der Waals surface area contributed by atoms with Gasteiger partial charge in [0.2, 0.25) is 5.91 Å². The van der Waals surface area contributed by atoms with Gasteiger partial charge < -0.3 is 4.90 Å². The summed E-state index contributed by atoms with van der Waals surface area (Å²) in [5.41, 5.74) is -0.0928. The highest BCUT2D eigenvalue weighted by Gasteiger charge is 2.27. The van der Waals surface area contributed by atoms with Crippen molar-refractivity contribution in [3.05, 3.63) is 53.6 Å². The molecule has 5 heteroatoms. The van der Waals surface area contributed by atoms with Crippen LogP contribution in [0.3, 0.4) is 0 Å². The molecule has 0 atom stereocenters. The second-order valence-corrected chi connectivity index (χ2v) is 6.65. The van der Waals surface area contributed by atoms with E-state index in [9.17, 15) is 13.6 Å². The Morgan fingerprint density at radius 1 is 1.00 bits per heavy atom. The highest BCUT2D eigenvalue weighted by molar-refractivity contribution is 5.88. The maximum absolute atomic E-state index is 13.5. The fourth-order valence-electron chi connectivity index (χ4n) is 3.64. The van der Waals surface area contributed by atoms with Crippen LogP contribution >= 0.6 is 0 Å². The summed E-state index contributed by atoms with van der Waals surface area (Å²) < 4.78 is 27.0. The van der Waals surface area contributed by atoms with E-state index in [-0.39, 0.29) is 11.5 Å². The van der Waals surface area contributed by atoms with Gasteiger partial charge in [-0.1, -0.05) is 31.1 Å². The Labute approximate surface area is 147 Å². The van der Waals surface area contributed by atoms with Gasteiger partial charge in [-0.25, -0.2) is 8.78 Å². The molecule has 134 valence electrons. The van der Waals surface area contributed by atoms with Crippen molar-refractivity contribution >= 4 is 12.0 Å². The number of rotatable bonds is 4. The zero-order valence-electron chi connectivity index (χ0n) is 14.3. The van der Waals surface area contributed by atoms with Crippen LogP contribution in [0, 0.1) is 11.6 Å². The Kier molecular flexibility index (Phi) is 5.97. The molecule has 0 aromatic heterocycles. The van der Waals surface area contributed by atoms with Gasteiger partial charge in [0.25, 0.3) is 0 Å². The Morgan fingerprint density at radius 3 is 2.28 bits per heavy atom. The van der Waals surface area contributed by atoms with Crippen LogP contribution < -0.4 is 0 Å². The number of piperazine rings is 1. The molecular formula is C20H24F2N2O. The maximum atomic E-state index is 13.5. The van der Waals surface area contributed by atoms with E-state index in [4.69, 9.17) is 0 Å². The van der Waals surface area contributed by atoms with Crippen molar-refractivity contribution in [2.24, 2.45) is 0 Å². The van der Waals surface area contributed by atoms with Crippen LogP contribution in [0.15, 0.2) is 36.4 Å². The summed E-state index contributed by atoms with van der Waals surface area (Å²) in [6.07, 6.45) is 11.0. The number of allylic oxidation sites excluding steroid dienone is 2. The maximum Gasteiger partial charge on any atom is 0.246 e. The number of carbonyl (C=O) groups is 1. The number of nitrogens with zero attached hydrogens (tertiary/aromatic N) is 2. The zero-order valence-corrected chi connectivity index (χ0v) is 14.3. The quantitative estimate of drug-likeness (QED) is 0.614. The fraction of sp³-hybridized carbons (Fsp3) is 0.450. The van der Waals surface area contributed by atoms with Gasteiger partial charge in [0.05, 0.1) is 0 Å². The van der Waals surface area contributed by atoms with Gasteiger partial charge in [0, 0.05) is 43.9 Å². The topological polar surface area (TPSA) is 23.6 Å². The van der Waals surface area contributed by atoms with Gasteiger partial charge in [0.15, 0.2) is 0 Å². The largest absolute Gasteiger partial charge is 0.337 e. The van der Waals surface area contributed by atoms with Crippen molar-refractivity contribution < 1.29 is 13.6 Å². The molecule has 1 saturated carbocycles. The molecule has 0 spiro atoms. The number of halogens is 2. The van der Waals surface area contributed by atoms with Crippen molar-refractivity contribution in [3.63, 3.8) is 0 Å². The molecular weight excluding hydrogens is 322 g/mol. The van der Waals surface area contributed by atoms with Gasteiger partial charge >= 0.3 is 0 Å². The summed E-state index contributed by atoms with van der Waals surface area (Å²) in [6.45, 7) is 3.34. The van der Waals surface area contributed by atoms with Crippen LogP contribution in [0.4, 0.5) is 8.78 Å². The summed E-state index contributed by atoms with van der Waals surface area (Å²) in [5, 5.41) is 0. The lowest BCUT2D eigenvalue weighted by Crippen LogP contribution is -2.51. The molecule has 1 amide bonds. The van der Waals surface area contributed by atoms with Crippen LogP contribution in [0.2, 0.25) is 0 Å². The van der Waals surface area contributed by atoms with E-state index >= 15 is 0 Å². The van der Waals surface area contributed by atoms with Crippen LogP contribution in [-0.4, -0.2) is 47.9 Å². The van der Waals surface area contributed by atoms with Crippen molar-refractivity contribution in [2.75, 3.05) is 26.2 Å². The normalized spacial score (nSPS) is 20.2. The van der Waals surface area contributed by atoms with Crippen LogP contribution in [-0.2, 0) is 4.79 Å². The van der Waals surface area contributed by atoms with Crippen LogP contribution in [0.5, 0.6) is 0 Å². The SMILES string of the molecule is O=C(C=CC=Cc1c(F)cccc1F)N1CCN(C2CCCC2)CC1. The van der Waals surface area contributed by atoms with E-state index in [0.717, 1.165) is 26.2 Å². The molecule has 1 aliphatic carbocycles. The second-order valence-electron chi connectivity index (χ2n) is 6.65. The van der Waals surface area contributed by atoms with E-state index in [1.54, 1.807) is 0 Å². The lowest BCUT2D eigenvalue weighted by Gasteiger charge is -2.37. The first kappa shape index (κ1) is 17.8. The predicted molar refractivity (Wildman–Crippen MR) is 94.9 cm³/mol.